The van der Waals surface area contributed by atoms with Crippen LogP contribution >= 0.6 is 0 Å². The minimum atomic E-state index is 0.110. The number of hydrogen-bond acceptors (Lipinski definition) is 0. The van der Waals surface area contributed by atoms with Gasteiger partial charge in [-0.1, -0.05) is 207 Å². The number of para-hydroxylation sites is 1. The van der Waals surface area contributed by atoms with Crippen LogP contribution in [-0.4, -0.2) is 11.3 Å². The Hall–Kier alpha value is -6.64. The topological polar surface area (TPSA) is 4.93 Å². The summed E-state index contributed by atoms with van der Waals surface area (Å²) in [7, 11) is 0. The van der Waals surface area contributed by atoms with Crippen LogP contribution in [0, 0.1) is 41.5 Å². The van der Waals surface area contributed by atoms with Crippen molar-refractivity contribution in [2.75, 3.05) is 0 Å². The number of hydrogen-bond donors (Lipinski definition) is 0. The molecule has 9 rings (SSSR count). The zero-order valence-electron chi connectivity index (χ0n) is 34.3. The quantitative estimate of drug-likeness (QED) is 0.108. The van der Waals surface area contributed by atoms with Gasteiger partial charge in [0, 0.05) is 16.5 Å². The standard InChI is InChI=1S/C56H48BN/c1-37-32-39(3)55(40(4)33-37)57(56-41(5)34-38(2)35-42(56)6)47-28-31-52-50(36-47)49-24-16-17-25-51(49)58(52)48-29-26-46(27-30-48)54(45-22-14-9-15-23-45)53(43-18-10-7-11-19-43)44-20-12-8-13-21-44/h7-36H,1-6H3. The van der Waals surface area contributed by atoms with Crippen LogP contribution < -0.4 is 16.4 Å². The van der Waals surface area contributed by atoms with Crippen LogP contribution in [-0.2, 0) is 0 Å². The number of aromatic nitrogens is 1. The van der Waals surface area contributed by atoms with Crippen LogP contribution in [0.15, 0.2) is 182 Å². The molecule has 0 amide bonds. The second-order valence-corrected chi connectivity index (χ2v) is 16.1. The van der Waals surface area contributed by atoms with Gasteiger partial charge in [-0.2, -0.15) is 0 Å². The van der Waals surface area contributed by atoms with E-state index in [0.717, 1.165) is 5.69 Å². The van der Waals surface area contributed by atoms with E-state index in [2.05, 4.69) is 228 Å². The SMILES string of the molecule is Cc1cc(C)c(B(c2ccc3c(c2)c2ccccc2n3-c2ccc(C(=C(c3ccccc3)c3ccccc3)c3ccccc3)cc2)c2c(C)cc(C)cc2C)c(C)c1. The Kier molecular flexibility index (Phi) is 9.80. The highest BCUT2D eigenvalue weighted by molar-refractivity contribution is 6.96. The molecule has 0 unspecified atom stereocenters. The lowest BCUT2D eigenvalue weighted by molar-refractivity contribution is 1.18. The fourth-order valence-corrected chi connectivity index (χ4v) is 9.72. The molecule has 0 aliphatic heterocycles. The van der Waals surface area contributed by atoms with E-state index in [1.54, 1.807) is 0 Å². The number of fused-ring (bicyclic) bond motifs is 3. The lowest BCUT2D eigenvalue weighted by atomic mass is 9.34. The first-order valence-electron chi connectivity index (χ1n) is 20.5. The van der Waals surface area contributed by atoms with Crippen molar-refractivity contribution in [3.63, 3.8) is 0 Å². The summed E-state index contributed by atoms with van der Waals surface area (Å²) in [5, 5.41) is 2.53. The Bertz CT molecular complexity index is 2830. The van der Waals surface area contributed by atoms with E-state index in [0.29, 0.717) is 0 Å². The summed E-state index contributed by atoms with van der Waals surface area (Å²) in [5.74, 6) is 0. The second-order valence-electron chi connectivity index (χ2n) is 16.1. The van der Waals surface area contributed by atoms with Crippen molar-refractivity contribution in [1.29, 1.82) is 0 Å². The number of nitrogens with zero attached hydrogens (tertiary/aromatic N) is 1. The van der Waals surface area contributed by atoms with Crippen LogP contribution in [0.1, 0.15) is 55.6 Å². The molecule has 0 radical (unpaired) electrons. The fraction of sp³-hybridized carbons (Fsp3) is 0.107. The van der Waals surface area contributed by atoms with Gasteiger partial charge in [0.2, 0.25) is 6.71 Å². The predicted molar refractivity (Wildman–Crippen MR) is 251 cm³/mol. The van der Waals surface area contributed by atoms with E-state index in [9.17, 15) is 0 Å². The molecule has 0 N–H and O–H groups in total. The molecule has 280 valence electrons. The smallest absolute Gasteiger partial charge is 0.242 e. The van der Waals surface area contributed by atoms with E-state index in [1.807, 2.05) is 0 Å². The summed E-state index contributed by atoms with van der Waals surface area (Å²) in [6.07, 6.45) is 0. The zero-order chi connectivity index (χ0) is 39.9. The Balaban J connectivity index is 1.23. The van der Waals surface area contributed by atoms with Crippen molar-refractivity contribution in [3.8, 4) is 5.69 Å². The number of rotatable bonds is 8. The van der Waals surface area contributed by atoms with Crippen LogP contribution in [0.25, 0.3) is 38.6 Å². The van der Waals surface area contributed by atoms with Crippen molar-refractivity contribution in [1.82, 2.24) is 4.57 Å². The van der Waals surface area contributed by atoms with Crippen LogP contribution in [0.2, 0.25) is 0 Å². The van der Waals surface area contributed by atoms with E-state index in [1.165, 1.54) is 105 Å². The summed E-state index contributed by atoms with van der Waals surface area (Å²) in [5.41, 5.74) is 22.9. The average molecular weight is 746 g/mol. The Labute approximate surface area is 344 Å². The molecule has 1 nitrogen and oxygen atoms in total. The van der Waals surface area contributed by atoms with Gasteiger partial charge in [0.15, 0.2) is 0 Å². The summed E-state index contributed by atoms with van der Waals surface area (Å²) < 4.78 is 2.44. The molecule has 0 spiro atoms. The van der Waals surface area contributed by atoms with Crippen LogP contribution in [0.4, 0.5) is 0 Å². The van der Waals surface area contributed by atoms with Gasteiger partial charge in [-0.15, -0.1) is 0 Å². The van der Waals surface area contributed by atoms with Gasteiger partial charge in [-0.3, -0.25) is 0 Å². The normalized spacial score (nSPS) is 11.3. The summed E-state index contributed by atoms with van der Waals surface area (Å²) in [4.78, 5) is 0. The van der Waals surface area contributed by atoms with Gasteiger partial charge in [0.05, 0.1) is 11.0 Å². The molecule has 0 saturated heterocycles. The van der Waals surface area contributed by atoms with Crippen molar-refractivity contribution >= 4 is 56.1 Å². The minimum absolute atomic E-state index is 0.110. The molecule has 1 aromatic heterocycles. The minimum Gasteiger partial charge on any atom is -0.309 e. The molecular weight excluding hydrogens is 697 g/mol. The molecule has 8 aromatic carbocycles. The van der Waals surface area contributed by atoms with Crippen molar-refractivity contribution in [3.05, 3.63) is 238 Å². The Morgan fingerprint density at radius 2 is 0.759 bits per heavy atom. The molecule has 0 saturated carbocycles. The highest BCUT2D eigenvalue weighted by Crippen LogP contribution is 2.38. The van der Waals surface area contributed by atoms with Gasteiger partial charge < -0.3 is 4.57 Å². The van der Waals surface area contributed by atoms with E-state index >= 15 is 0 Å². The van der Waals surface area contributed by atoms with Crippen molar-refractivity contribution in [2.24, 2.45) is 0 Å². The van der Waals surface area contributed by atoms with Crippen LogP contribution in [0.3, 0.4) is 0 Å². The Morgan fingerprint density at radius 3 is 1.22 bits per heavy atom. The van der Waals surface area contributed by atoms with E-state index in [-0.39, 0.29) is 6.71 Å². The first-order chi connectivity index (χ1) is 28.3. The molecule has 1 heterocycles. The van der Waals surface area contributed by atoms with Crippen LogP contribution in [0.5, 0.6) is 0 Å². The monoisotopic (exact) mass is 745 g/mol. The summed E-state index contributed by atoms with van der Waals surface area (Å²) >= 11 is 0. The number of benzene rings is 8. The van der Waals surface area contributed by atoms with Gasteiger partial charge in [-0.05, 0) is 99.2 Å². The third-order valence-corrected chi connectivity index (χ3v) is 11.9. The lowest BCUT2D eigenvalue weighted by Crippen LogP contribution is -2.55. The second kappa shape index (κ2) is 15.4. The van der Waals surface area contributed by atoms with Crippen molar-refractivity contribution in [2.45, 2.75) is 41.5 Å². The number of aryl methyl sites for hydroxylation is 6. The zero-order valence-corrected chi connectivity index (χ0v) is 34.3. The molecule has 9 aromatic rings. The third kappa shape index (κ3) is 6.69. The third-order valence-electron chi connectivity index (χ3n) is 11.9. The molecular formula is C56H48BN. The first-order valence-corrected chi connectivity index (χ1v) is 20.5. The Morgan fingerprint density at radius 1 is 0.362 bits per heavy atom. The van der Waals surface area contributed by atoms with E-state index in [4.69, 9.17) is 0 Å². The first kappa shape index (κ1) is 37.0. The van der Waals surface area contributed by atoms with E-state index < -0.39 is 0 Å². The van der Waals surface area contributed by atoms with Gasteiger partial charge >= 0.3 is 0 Å². The largest absolute Gasteiger partial charge is 0.309 e. The predicted octanol–water partition coefficient (Wildman–Crippen LogP) is 12.2. The molecule has 0 aliphatic carbocycles. The average Bonchev–Trinajstić information content (AvgIpc) is 3.56. The van der Waals surface area contributed by atoms with Gasteiger partial charge in [0.25, 0.3) is 0 Å². The molecule has 0 bridgehead atoms. The summed E-state index contributed by atoms with van der Waals surface area (Å²) in [6.45, 7) is 13.7. The maximum absolute atomic E-state index is 2.48. The maximum Gasteiger partial charge on any atom is 0.242 e. The summed E-state index contributed by atoms with van der Waals surface area (Å²) in [6, 6.07) is 67.1. The van der Waals surface area contributed by atoms with Crippen molar-refractivity contribution < 1.29 is 0 Å². The fourth-order valence-electron chi connectivity index (χ4n) is 9.72. The molecule has 58 heavy (non-hydrogen) atoms. The lowest BCUT2D eigenvalue weighted by Gasteiger charge is -2.25. The highest BCUT2D eigenvalue weighted by Gasteiger charge is 2.29. The molecule has 0 fully saturated rings. The van der Waals surface area contributed by atoms with Gasteiger partial charge in [-0.25, -0.2) is 0 Å². The molecule has 0 atom stereocenters. The van der Waals surface area contributed by atoms with Gasteiger partial charge in [0.1, 0.15) is 0 Å². The maximum atomic E-state index is 2.48. The molecule has 0 aliphatic rings. The highest BCUT2D eigenvalue weighted by atomic mass is 15.0. The molecule has 2 heteroatoms.